The predicted molar refractivity (Wildman–Crippen MR) is 150 cm³/mol. The number of rotatable bonds is 9. The van der Waals surface area contributed by atoms with Gasteiger partial charge in [0.1, 0.15) is 5.75 Å². The summed E-state index contributed by atoms with van der Waals surface area (Å²) in [6.07, 6.45) is 2.71. The number of carbonyl (C=O) groups is 1. The van der Waals surface area contributed by atoms with Gasteiger partial charge in [0.25, 0.3) is 0 Å². The average molecular weight is 570 g/mol. The van der Waals surface area contributed by atoms with Crippen LogP contribution in [0.3, 0.4) is 0 Å². The Morgan fingerprint density at radius 2 is 1.82 bits per heavy atom. The highest BCUT2D eigenvalue weighted by atomic mass is 35.5. The normalized spacial score (nSPS) is 16.3. The highest BCUT2D eigenvalue weighted by Crippen LogP contribution is 2.32. The maximum Gasteiger partial charge on any atom is 0.243 e. The lowest BCUT2D eigenvalue weighted by Crippen LogP contribution is -2.44. The number of anilines is 1. The summed E-state index contributed by atoms with van der Waals surface area (Å²) in [5.74, 6) is 1.62. The fraction of sp³-hybridized carbons (Fsp3) is 0.393. The summed E-state index contributed by atoms with van der Waals surface area (Å²) in [7, 11) is -2.18. The van der Waals surface area contributed by atoms with Crippen LogP contribution in [0.5, 0.6) is 5.75 Å². The third-order valence-electron chi connectivity index (χ3n) is 7.11. The highest BCUT2D eigenvalue weighted by Gasteiger charge is 2.34. The van der Waals surface area contributed by atoms with E-state index in [-0.39, 0.29) is 17.3 Å². The molecular formula is C28H32ClN5O4S. The molecular weight excluding hydrogens is 538 g/mol. The monoisotopic (exact) mass is 569 g/mol. The zero-order valence-corrected chi connectivity index (χ0v) is 23.4. The Kier molecular flexibility index (Phi) is 8.34. The largest absolute Gasteiger partial charge is 0.497 e. The number of carbonyl (C=O) groups excluding carboxylic acids is 1. The summed E-state index contributed by atoms with van der Waals surface area (Å²) in [5.41, 5.74) is 1.67. The number of benzene rings is 2. The van der Waals surface area contributed by atoms with Gasteiger partial charge in [-0.25, -0.2) is 8.42 Å². The Morgan fingerprint density at radius 1 is 1.03 bits per heavy atom. The lowest BCUT2D eigenvalue weighted by atomic mass is 10.1. The molecule has 0 bridgehead atoms. The van der Waals surface area contributed by atoms with Crippen molar-refractivity contribution < 1.29 is 17.9 Å². The molecule has 11 heteroatoms. The fourth-order valence-corrected chi connectivity index (χ4v) is 6.26. The number of aromatic nitrogens is 2. The molecule has 0 spiro atoms. The molecule has 2 aromatic carbocycles. The van der Waals surface area contributed by atoms with Crippen molar-refractivity contribution in [1.29, 1.82) is 0 Å². The number of methoxy groups -OCH3 is 1. The number of sulfonamides is 1. The second kappa shape index (κ2) is 11.9. The Hall–Kier alpha value is -3.21. The molecule has 1 amide bonds. The zero-order valence-electron chi connectivity index (χ0n) is 21.9. The van der Waals surface area contributed by atoms with Gasteiger partial charge in [0.2, 0.25) is 15.9 Å². The van der Waals surface area contributed by atoms with Crippen LogP contribution in [0.4, 0.5) is 5.82 Å². The van der Waals surface area contributed by atoms with Crippen LogP contribution in [0.25, 0.3) is 11.3 Å². The first-order valence-corrected chi connectivity index (χ1v) is 14.9. The van der Waals surface area contributed by atoms with E-state index in [1.807, 2.05) is 36.4 Å². The molecule has 39 heavy (non-hydrogen) atoms. The van der Waals surface area contributed by atoms with Crippen molar-refractivity contribution in [3.63, 3.8) is 0 Å². The zero-order chi connectivity index (χ0) is 27.4. The molecule has 0 atom stereocenters. The van der Waals surface area contributed by atoms with Crippen molar-refractivity contribution in [3.8, 4) is 17.0 Å². The van der Waals surface area contributed by atoms with Crippen LogP contribution in [0.1, 0.15) is 19.3 Å². The molecule has 1 aliphatic carbocycles. The summed E-state index contributed by atoms with van der Waals surface area (Å²) < 4.78 is 33.4. The van der Waals surface area contributed by atoms with Gasteiger partial charge in [0.05, 0.1) is 24.2 Å². The van der Waals surface area contributed by atoms with Gasteiger partial charge in [-0.1, -0.05) is 23.7 Å². The van der Waals surface area contributed by atoms with Gasteiger partial charge < -0.3 is 14.5 Å². The van der Waals surface area contributed by atoms with Gasteiger partial charge in [-0.15, -0.1) is 10.2 Å². The Balaban J connectivity index is 1.23. The molecule has 0 radical (unpaired) electrons. The van der Waals surface area contributed by atoms with Crippen molar-refractivity contribution in [2.24, 2.45) is 5.92 Å². The Morgan fingerprint density at radius 3 is 2.51 bits per heavy atom. The minimum atomic E-state index is -3.81. The van der Waals surface area contributed by atoms with Crippen molar-refractivity contribution in [3.05, 3.63) is 65.7 Å². The quantitative estimate of drug-likeness (QED) is 0.385. The summed E-state index contributed by atoms with van der Waals surface area (Å²) >= 11 is 5.95. The molecule has 1 saturated carbocycles. The summed E-state index contributed by atoms with van der Waals surface area (Å²) in [5, 5.41) is 9.31. The molecule has 2 fully saturated rings. The van der Waals surface area contributed by atoms with E-state index < -0.39 is 10.0 Å². The van der Waals surface area contributed by atoms with Crippen molar-refractivity contribution in [2.75, 3.05) is 51.3 Å². The second-order valence-corrected chi connectivity index (χ2v) is 12.3. The molecule has 0 N–H and O–H groups in total. The predicted octanol–water partition coefficient (Wildman–Crippen LogP) is 3.95. The van der Waals surface area contributed by atoms with E-state index in [4.69, 9.17) is 16.3 Å². The third kappa shape index (κ3) is 6.69. The van der Waals surface area contributed by atoms with Crippen molar-refractivity contribution in [1.82, 2.24) is 19.4 Å². The molecule has 3 aromatic rings. The van der Waals surface area contributed by atoms with E-state index in [2.05, 4.69) is 15.1 Å². The number of hydrogen-bond donors (Lipinski definition) is 0. The SMILES string of the molecule is COc1cccc(-c2ccc(N3CCCN(C(=O)CN(CC4CC4)S(=O)(=O)c4ccc(Cl)cc4)CC3)nn2)c1. The molecule has 1 saturated heterocycles. The number of ether oxygens (including phenoxy) is 1. The third-order valence-corrected chi connectivity index (χ3v) is 9.19. The minimum absolute atomic E-state index is 0.151. The summed E-state index contributed by atoms with van der Waals surface area (Å²) in [6.45, 7) is 2.54. The second-order valence-electron chi connectivity index (χ2n) is 9.92. The highest BCUT2D eigenvalue weighted by molar-refractivity contribution is 7.89. The maximum atomic E-state index is 13.4. The minimum Gasteiger partial charge on any atom is -0.497 e. The van der Waals surface area contributed by atoms with Crippen LogP contribution in [-0.4, -0.2) is 80.1 Å². The van der Waals surface area contributed by atoms with E-state index in [0.717, 1.165) is 48.6 Å². The average Bonchev–Trinajstić information content (AvgIpc) is 3.80. The molecule has 206 valence electrons. The van der Waals surface area contributed by atoms with Crippen molar-refractivity contribution in [2.45, 2.75) is 24.2 Å². The number of amides is 1. The van der Waals surface area contributed by atoms with Crippen LogP contribution in [0, 0.1) is 5.92 Å². The van der Waals surface area contributed by atoms with Gasteiger partial charge >= 0.3 is 0 Å². The molecule has 1 aromatic heterocycles. The van der Waals surface area contributed by atoms with Crippen LogP contribution in [0.2, 0.25) is 5.02 Å². The maximum absolute atomic E-state index is 13.4. The fourth-order valence-electron chi connectivity index (χ4n) is 4.67. The smallest absolute Gasteiger partial charge is 0.243 e. The Bertz CT molecular complexity index is 1400. The number of hydrogen-bond acceptors (Lipinski definition) is 7. The summed E-state index contributed by atoms with van der Waals surface area (Å²) in [4.78, 5) is 17.4. The molecule has 2 heterocycles. The topological polar surface area (TPSA) is 95.9 Å². The van der Waals surface area contributed by atoms with Crippen LogP contribution in [0.15, 0.2) is 65.6 Å². The standard InChI is InChI=1S/C28H32ClN5O4S/c1-38-24-5-2-4-22(18-24)26-12-13-27(31-30-26)32-14-3-15-33(17-16-32)28(35)20-34(19-21-6-7-21)39(36,37)25-10-8-23(29)9-11-25/h2,4-5,8-13,18,21H,3,6-7,14-17,19-20H2,1H3. The summed E-state index contributed by atoms with van der Waals surface area (Å²) in [6, 6.07) is 17.6. The van der Waals surface area contributed by atoms with E-state index in [9.17, 15) is 13.2 Å². The van der Waals surface area contributed by atoms with Gasteiger partial charge in [-0.3, -0.25) is 4.79 Å². The van der Waals surface area contributed by atoms with E-state index in [1.54, 1.807) is 24.1 Å². The van der Waals surface area contributed by atoms with Crippen LogP contribution in [-0.2, 0) is 14.8 Å². The lowest BCUT2D eigenvalue weighted by Gasteiger charge is -2.26. The number of nitrogens with zero attached hydrogens (tertiary/aromatic N) is 5. The molecule has 9 nitrogen and oxygen atoms in total. The van der Waals surface area contributed by atoms with Gasteiger partial charge in [0.15, 0.2) is 5.82 Å². The van der Waals surface area contributed by atoms with E-state index >= 15 is 0 Å². The Labute approximate surface area is 234 Å². The van der Waals surface area contributed by atoms with Gasteiger partial charge in [-0.2, -0.15) is 4.31 Å². The van der Waals surface area contributed by atoms with Gasteiger partial charge in [-0.05, 0) is 73.7 Å². The number of halogens is 1. The van der Waals surface area contributed by atoms with Gasteiger partial charge in [0, 0.05) is 43.3 Å². The van der Waals surface area contributed by atoms with E-state index in [0.29, 0.717) is 37.1 Å². The van der Waals surface area contributed by atoms with Crippen molar-refractivity contribution >= 4 is 33.3 Å². The van der Waals surface area contributed by atoms with E-state index in [1.165, 1.54) is 16.4 Å². The lowest BCUT2D eigenvalue weighted by molar-refractivity contribution is -0.131. The molecule has 0 unspecified atom stereocenters. The first kappa shape index (κ1) is 27.4. The molecule has 5 rings (SSSR count). The molecule has 2 aliphatic rings. The first-order chi connectivity index (χ1) is 18.8. The van der Waals surface area contributed by atoms with Crippen LogP contribution < -0.4 is 9.64 Å². The molecule has 1 aliphatic heterocycles. The van der Waals surface area contributed by atoms with Crippen LogP contribution >= 0.6 is 11.6 Å². The first-order valence-electron chi connectivity index (χ1n) is 13.1.